The zero-order chi connectivity index (χ0) is 17.5. The van der Waals surface area contributed by atoms with E-state index < -0.39 is 0 Å². The minimum atomic E-state index is -0.212. The molecule has 25 heavy (non-hydrogen) atoms. The predicted octanol–water partition coefficient (Wildman–Crippen LogP) is 7.25. The van der Waals surface area contributed by atoms with Crippen LogP contribution < -0.4 is 0 Å². The number of alkyl halides is 1. The second kappa shape index (κ2) is 9.55. The maximum Gasteiger partial charge on any atom is 0.0928 e. The Morgan fingerprint density at radius 1 is 0.880 bits per heavy atom. The highest BCUT2D eigenvalue weighted by atomic mass is 19.1. The highest BCUT2D eigenvalue weighted by Gasteiger charge is 2.30. The second-order valence-electron chi connectivity index (χ2n) is 8.29. The third-order valence-corrected chi connectivity index (χ3v) is 6.80. The lowest BCUT2D eigenvalue weighted by atomic mass is 9.68. The van der Waals surface area contributed by atoms with Gasteiger partial charge in [-0.3, -0.25) is 4.39 Å². The van der Waals surface area contributed by atoms with Crippen LogP contribution in [0.1, 0.15) is 81.8 Å². The summed E-state index contributed by atoms with van der Waals surface area (Å²) in [5.41, 5.74) is 3.02. The molecule has 3 rings (SSSR count). The number of hydrogen-bond donors (Lipinski definition) is 0. The molecule has 0 radical (unpaired) electrons. The molecule has 1 aromatic rings. The van der Waals surface area contributed by atoms with E-state index in [2.05, 4.69) is 43.3 Å². The van der Waals surface area contributed by atoms with Gasteiger partial charge in [0, 0.05) is 0 Å². The van der Waals surface area contributed by atoms with Gasteiger partial charge >= 0.3 is 0 Å². The van der Waals surface area contributed by atoms with E-state index >= 15 is 0 Å². The molecule has 1 aromatic carbocycles. The molecule has 2 aliphatic carbocycles. The quantitative estimate of drug-likeness (QED) is 0.478. The molecule has 0 unspecified atom stereocenters. The summed E-state index contributed by atoms with van der Waals surface area (Å²) in [6.07, 6.45) is 17.1. The van der Waals surface area contributed by atoms with Crippen LogP contribution in [0.3, 0.4) is 0 Å². The van der Waals surface area contributed by atoms with Crippen molar-refractivity contribution in [2.75, 3.05) is 6.67 Å². The highest BCUT2D eigenvalue weighted by molar-refractivity contribution is 5.25. The molecular weight excluding hydrogens is 307 g/mol. The minimum absolute atomic E-state index is 0.212. The van der Waals surface area contributed by atoms with Crippen molar-refractivity contribution in [3.8, 4) is 0 Å². The number of halogens is 1. The predicted molar refractivity (Wildman–Crippen MR) is 106 cm³/mol. The Balaban J connectivity index is 1.43. The Morgan fingerprint density at radius 2 is 1.48 bits per heavy atom. The first-order valence-corrected chi connectivity index (χ1v) is 10.6. The molecule has 0 nitrogen and oxygen atoms in total. The van der Waals surface area contributed by atoms with E-state index in [1.54, 1.807) is 5.56 Å². The molecule has 0 amide bonds. The average Bonchev–Trinajstić information content (AvgIpc) is 2.69. The van der Waals surface area contributed by atoms with Crippen LogP contribution in [0.2, 0.25) is 0 Å². The molecule has 0 bridgehead atoms. The fraction of sp³-hybridized carbons (Fsp3) is 0.667. The highest BCUT2D eigenvalue weighted by Crippen LogP contribution is 2.44. The normalized spacial score (nSPS) is 30.6. The minimum Gasteiger partial charge on any atom is -0.251 e. The fourth-order valence-corrected chi connectivity index (χ4v) is 5.11. The lowest BCUT2D eigenvalue weighted by Crippen LogP contribution is -2.25. The van der Waals surface area contributed by atoms with Gasteiger partial charge in [-0.2, -0.15) is 0 Å². The van der Waals surface area contributed by atoms with Crippen LogP contribution in [0.5, 0.6) is 0 Å². The van der Waals surface area contributed by atoms with Crippen LogP contribution in [0.15, 0.2) is 36.4 Å². The van der Waals surface area contributed by atoms with Crippen LogP contribution >= 0.6 is 0 Å². The third kappa shape index (κ3) is 5.19. The van der Waals surface area contributed by atoms with Crippen LogP contribution in [-0.4, -0.2) is 6.67 Å². The van der Waals surface area contributed by atoms with Crippen molar-refractivity contribution in [2.24, 2.45) is 17.8 Å². The summed E-state index contributed by atoms with van der Waals surface area (Å²) in [6, 6.07) is 9.38. The zero-order valence-corrected chi connectivity index (χ0v) is 15.9. The number of hydrogen-bond acceptors (Lipinski definition) is 0. The smallest absolute Gasteiger partial charge is 0.0928 e. The van der Waals surface area contributed by atoms with Crippen molar-refractivity contribution < 1.29 is 4.39 Å². The zero-order valence-electron chi connectivity index (χ0n) is 15.9. The number of rotatable bonds is 6. The summed E-state index contributed by atoms with van der Waals surface area (Å²) in [7, 11) is 0. The summed E-state index contributed by atoms with van der Waals surface area (Å²) >= 11 is 0. The van der Waals surface area contributed by atoms with Gasteiger partial charge in [0.1, 0.15) is 0 Å². The Labute approximate surface area is 153 Å². The number of allylic oxidation sites excluding steroid dienone is 2. The van der Waals surface area contributed by atoms with Gasteiger partial charge in [0.05, 0.1) is 6.67 Å². The van der Waals surface area contributed by atoms with Crippen LogP contribution in [0.4, 0.5) is 4.39 Å². The van der Waals surface area contributed by atoms with Crippen molar-refractivity contribution in [3.05, 3.63) is 47.5 Å². The van der Waals surface area contributed by atoms with Gasteiger partial charge in [0.25, 0.3) is 0 Å². The average molecular weight is 343 g/mol. The molecule has 0 aromatic heterocycles. The SMILES string of the molecule is CCc1ccc([C@H]2CC[C@H]([C@H]3CC[C@H](C=CCCF)CC3)CC2)cc1. The topological polar surface area (TPSA) is 0 Å². The van der Waals surface area contributed by atoms with E-state index in [-0.39, 0.29) is 6.67 Å². The first-order valence-electron chi connectivity index (χ1n) is 10.6. The van der Waals surface area contributed by atoms with E-state index in [0.29, 0.717) is 6.42 Å². The van der Waals surface area contributed by atoms with E-state index in [1.165, 1.54) is 56.9 Å². The molecule has 0 saturated heterocycles. The maximum atomic E-state index is 12.2. The molecule has 0 aliphatic heterocycles. The summed E-state index contributed by atoms with van der Waals surface area (Å²) < 4.78 is 12.2. The fourth-order valence-electron chi connectivity index (χ4n) is 5.11. The van der Waals surface area contributed by atoms with E-state index in [4.69, 9.17) is 0 Å². The van der Waals surface area contributed by atoms with Gasteiger partial charge in [0.2, 0.25) is 0 Å². The molecular formula is C24H35F. The summed E-state index contributed by atoms with van der Waals surface area (Å²) in [5, 5.41) is 0. The van der Waals surface area contributed by atoms with Crippen LogP contribution in [0, 0.1) is 17.8 Å². The lowest BCUT2D eigenvalue weighted by Gasteiger charge is -2.37. The van der Waals surface area contributed by atoms with Gasteiger partial charge in [0.15, 0.2) is 0 Å². The summed E-state index contributed by atoms with van der Waals surface area (Å²) in [6.45, 7) is 2.02. The Morgan fingerprint density at radius 3 is 2.04 bits per heavy atom. The number of aryl methyl sites for hydroxylation is 1. The standard InChI is InChI=1S/C24H35F/c1-2-19-6-10-21(11-7-19)23-14-16-24(17-15-23)22-12-8-20(9-13-22)5-3-4-18-25/h3,5-7,10-11,20,22-24H,2,4,8-9,12-18H2,1H3/t20-,22-,23-,24-. The number of benzene rings is 1. The monoisotopic (exact) mass is 342 g/mol. The van der Waals surface area contributed by atoms with Crippen LogP contribution in [-0.2, 0) is 6.42 Å². The third-order valence-electron chi connectivity index (χ3n) is 6.80. The van der Waals surface area contributed by atoms with Crippen LogP contribution in [0.25, 0.3) is 0 Å². The Bertz CT molecular complexity index is 514. The first-order chi connectivity index (χ1) is 12.3. The molecule has 0 heterocycles. The van der Waals surface area contributed by atoms with Gasteiger partial charge in [-0.05, 0) is 99.0 Å². The lowest BCUT2D eigenvalue weighted by molar-refractivity contribution is 0.171. The van der Waals surface area contributed by atoms with Crippen molar-refractivity contribution in [1.29, 1.82) is 0 Å². The van der Waals surface area contributed by atoms with Crippen molar-refractivity contribution in [1.82, 2.24) is 0 Å². The molecule has 138 valence electrons. The maximum absolute atomic E-state index is 12.2. The largest absolute Gasteiger partial charge is 0.251 e. The molecule has 0 N–H and O–H groups in total. The molecule has 0 spiro atoms. The van der Waals surface area contributed by atoms with E-state index in [1.807, 2.05) is 0 Å². The van der Waals surface area contributed by atoms with E-state index in [0.717, 1.165) is 30.1 Å². The van der Waals surface area contributed by atoms with Crippen molar-refractivity contribution >= 4 is 0 Å². The Hall–Kier alpha value is -1.11. The summed E-state index contributed by atoms with van der Waals surface area (Å²) in [5.74, 6) is 3.43. The first kappa shape index (κ1) is 18.7. The van der Waals surface area contributed by atoms with Crippen molar-refractivity contribution in [3.63, 3.8) is 0 Å². The second-order valence-corrected chi connectivity index (χ2v) is 8.29. The van der Waals surface area contributed by atoms with Gasteiger partial charge in [-0.15, -0.1) is 0 Å². The van der Waals surface area contributed by atoms with Gasteiger partial charge in [-0.1, -0.05) is 43.3 Å². The molecule has 2 fully saturated rings. The summed E-state index contributed by atoms with van der Waals surface area (Å²) in [4.78, 5) is 0. The van der Waals surface area contributed by atoms with Gasteiger partial charge < -0.3 is 0 Å². The van der Waals surface area contributed by atoms with Gasteiger partial charge in [-0.25, -0.2) is 0 Å². The molecule has 2 saturated carbocycles. The Kier molecular flexibility index (Phi) is 7.13. The molecule has 2 aliphatic rings. The van der Waals surface area contributed by atoms with Crippen molar-refractivity contribution in [2.45, 2.75) is 77.0 Å². The molecule has 1 heteroatoms. The molecule has 0 atom stereocenters. The van der Waals surface area contributed by atoms with E-state index in [9.17, 15) is 4.39 Å².